The zero-order chi connectivity index (χ0) is 21.1. The van der Waals surface area contributed by atoms with Crippen molar-refractivity contribution in [2.45, 2.75) is 25.3 Å². The lowest BCUT2D eigenvalue weighted by Crippen LogP contribution is -2.34. The summed E-state index contributed by atoms with van der Waals surface area (Å²) >= 11 is 1.35. The van der Waals surface area contributed by atoms with Crippen molar-refractivity contribution in [3.63, 3.8) is 0 Å². The molecular weight excluding hydrogens is 418 g/mol. The van der Waals surface area contributed by atoms with Crippen LogP contribution in [0.15, 0.2) is 60.7 Å². The van der Waals surface area contributed by atoms with Crippen LogP contribution in [0, 0.1) is 0 Å². The molecule has 1 aromatic heterocycles. The molecule has 0 spiro atoms. The summed E-state index contributed by atoms with van der Waals surface area (Å²) in [5.74, 6) is -0.165. The highest BCUT2D eigenvalue weighted by Crippen LogP contribution is 2.31. The summed E-state index contributed by atoms with van der Waals surface area (Å²) < 4.78 is 25.1. The van der Waals surface area contributed by atoms with Crippen molar-refractivity contribution < 1.29 is 13.2 Å². The first-order valence-electron chi connectivity index (χ1n) is 9.73. The first-order valence-corrected chi connectivity index (χ1v) is 12.4. The highest BCUT2D eigenvalue weighted by atomic mass is 32.2. The van der Waals surface area contributed by atoms with Crippen molar-refractivity contribution in [2.24, 2.45) is 0 Å². The van der Waals surface area contributed by atoms with Gasteiger partial charge in [0.15, 0.2) is 5.13 Å². The van der Waals surface area contributed by atoms with Crippen LogP contribution in [0.4, 0.5) is 5.13 Å². The Balaban J connectivity index is 1.49. The summed E-state index contributed by atoms with van der Waals surface area (Å²) in [5, 5.41) is 3.45. The number of benzene rings is 2. The number of aromatic nitrogens is 1. The van der Waals surface area contributed by atoms with Crippen LogP contribution in [0.2, 0.25) is 0 Å². The molecule has 1 aliphatic rings. The third kappa shape index (κ3) is 4.77. The number of sulfonamides is 1. The van der Waals surface area contributed by atoms with Crippen LogP contribution in [-0.2, 0) is 27.8 Å². The maximum Gasteiger partial charge on any atom is 0.227 e. The van der Waals surface area contributed by atoms with Crippen LogP contribution in [0.3, 0.4) is 0 Å². The summed E-state index contributed by atoms with van der Waals surface area (Å²) in [6.45, 7) is 0.741. The Morgan fingerprint density at radius 1 is 1.10 bits per heavy atom. The van der Waals surface area contributed by atoms with Gasteiger partial charge in [-0.1, -0.05) is 60.7 Å². The van der Waals surface area contributed by atoms with Gasteiger partial charge in [0.05, 0.1) is 11.9 Å². The van der Waals surface area contributed by atoms with Gasteiger partial charge in [-0.05, 0) is 11.1 Å². The maximum atomic E-state index is 12.9. The standard InChI is InChI=1S/C22H23N3O3S2/c1-30(27,28)25-13-12-19-20(15-25)29-22(23-19)24-21(26)14-18(16-8-4-2-5-9-16)17-10-6-3-7-11-17/h2-11,18H,12-15H2,1H3,(H,23,24,26). The van der Waals surface area contributed by atoms with E-state index in [-0.39, 0.29) is 11.8 Å². The van der Waals surface area contributed by atoms with Crippen LogP contribution in [-0.4, -0.2) is 36.4 Å². The van der Waals surface area contributed by atoms with Crippen LogP contribution in [0.5, 0.6) is 0 Å². The van der Waals surface area contributed by atoms with Gasteiger partial charge < -0.3 is 5.32 Å². The predicted molar refractivity (Wildman–Crippen MR) is 119 cm³/mol. The second-order valence-corrected chi connectivity index (χ2v) is 10.4. The van der Waals surface area contributed by atoms with Crippen molar-refractivity contribution in [3.05, 3.63) is 82.4 Å². The van der Waals surface area contributed by atoms with E-state index >= 15 is 0 Å². The lowest BCUT2D eigenvalue weighted by molar-refractivity contribution is -0.116. The monoisotopic (exact) mass is 441 g/mol. The van der Waals surface area contributed by atoms with E-state index < -0.39 is 10.0 Å². The van der Waals surface area contributed by atoms with E-state index in [1.54, 1.807) is 0 Å². The predicted octanol–water partition coefficient (Wildman–Crippen LogP) is 3.62. The van der Waals surface area contributed by atoms with E-state index in [1.807, 2.05) is 60.7 Å². The smallest absolute Gasteiger partial charge is 0.227 e. The molecule has 2 heterocycles. The number of hydrogen-bond acceptors (Lipinski definition) is 5. The van der Waals surface area contributed by atoms with E-state index in [1.165, 1.54) is 21.9 Å². The normalized spacial score (nSPS) is 14.5. The maximum absolute atomic E-state index is 12.9. The van der Waals surface area contributed by atoms with Crippen molar-refractivity contribution in [2.75, 3.05) is 18.1 Å². The minimum atomic E-state index is -3.23. The quantitative estimate of drug-likeness (QED) is 0.634. The van der Waals surface area contributed by atoms with Crippen LogP contribution in [0.1, 0.15) is 34.0 Å². The van der Waals surface area contributed by atoms with E-state index in [4.69, 9.17) is 0 Å². The minimum Gasteiger partial charge on any atom is -0.302 e. The number of rotatable bonds is 6. The largest absolute Gasteiger partial charge is 0.302 e. The number of anilines is 1. The minimum absolute atomic E-state index is 0.0530. The molecule has 30 heavy (non-hydrogen) atoms. The Morgan fingerprint density at radius 2 is 1.70 bits per heavy atom. The molecule has 3 aromatic rings. The van der Waals surface area contributed by atoms with E-state index in [9.17, 15) is 13.2 Å². The summed E-state index contributed by atoms with van der Waals surface area (Å²) in [6.07, 6.45) is 2.08. The molecule has 0 atom stereocenters. The molecule has 0 fully saturated rings. The Hall–Kier alpha value is -2.55. The second kappa shape index (κ2) is 8.67. The van der Waals surface area contributed by atoms with E-state index in [0.717, 1.165) is 21.7 Å². The van der Waals surface area contributed by atoms with Crippen LogP contribution in [0.25, 0.3) is 0 Å². The molecule has 0 bridgehead atoms. The lowest BCUT2D eigenvalue weighted by atomic mass is 9.88. The molecule has 156 valence electrons. The fourth-order valence-electron chi connectivity index (χ4n) is 3.66. The van der Waals surface area contributed by atoms with Crippen LogP contribution >= 0.6 is 11.3 Å². The Labute approximate surface area is 180 Å². The summed E-state index contributed by atoms with van der Waals surface area (Å²) in [4.78, 5) is 18.3. The van der Waals surface area contributed by atoms with Crippen molar-refractivity contribution in [1.29, 1.82) is 0 Å². The molecule has 2 aromatic carbocycles. The van der Waals surface area contributed by atoms with Crippen molar-refractivity contribution in [1.82, 2.24) is 9.29 Å². The molecular formula is C22H23N3O3S2. The fraction of sp³-hybridized carbons (Fsp3) is 0.273. The topological polar surface area (TPSA) is 79.4 Å². The molecule has 1 amide bonds. The molecule has 0 saturated heterocycles. The second-order valence-electron chi connectivity index (χ2n) is 7.36. The zero-order valence-corrected chi connectivity index (χ0v) is 18.2. The van der Waals surface area contributed by atoms with Gasteiger partial charge in [-0.3, -0.25) is 4.79 Å². The van der Waals surface area contributed by atoms with Gasteiger partial charge in [0, 0.05) is 36.7 Å². The summed E-state index contributed by atoms with van der Waals surface area (Å²) in [7, 11) is -3.23. The average molecular weight is 442 g/mol. The third-order valence-electron chi connectivity index (χ3n) is 5.20. The molecule has 1 aliphatic heterocycles. The number of thiazole rings is 1. The summed E-state index contributed by atoms with van der Waals surface area (Å²) in [6, 6.07) is 20.0. The first kappa shape index (κ1) is 20.7. The Morgan fingerprint density at radius 3 is 2.27 bits per heavy atom. The Bertz CT molecular complexity index is 1090. The lowest BCUT2D eigenvalue weighted by Gasteiger charge is -2.23. The van der Waals surface area contributed by atoms with Gasteiger partial charge in [-0.25, -0.2) is 13.4 Å². The van der Waals surface area contributed by atoms with Crippen molar-refractivity contribution in [3.8, 4) is 0 Å². The first-order chi connectivity index (χ1) is 14.4. The van der Waals surface area contributed by atoms with Gasteiger partial charge >= 0.3 is 0 Å². The van der Waals surface area contributed by atoms with Gasteiger partial charge in [0.25, 0.3) is 0 Å². The third-order valence-corrected chi connectivity index (χ3v) is 7.45. The number of nitrogens with zero attached hydrogens (tertiary/aromatic N) is 2. The van der Waals surface area contributed by atoms with Crippen LogP contribution < -0.4 is 5.32 Å². The number of amides is 1. The number of hydrogen-bond donors (Lipinski definition) is 1. The Kier molecular flexibility index (Phi) is 5.99. The van der Waals surface area contributed by atoms with E-state index in [2.05, 4.69) is 10.3 Å². The highest BCUT2D eigenvalue weighted by Gasteiger charge is 2.27. The molecule has 6 nitrogen and oxygen atoms in total. The molecule has 0 unspecified atom stereocenters. The highest BCUT2D eigenvalue weighted by molar-refractivity contribution is 7.88. The van der Waals surface area contributed by atoms with Gasteiger partial charge in [0.1, 0.15) is 0 Å². The number of carbonyl (C=O) groups excluding carboxylic acids is 1. The fourth-order valence-corrected chi connectivity index (χ4v) is 5.57. The summed E-state index contributed by atoms with van der Waals surface area (Å²) in [5.41, 5.74) is 3.04. The molecule has 8 heteroatoms. The number of nitrogens with one attached hydrogen (secondary N) is 1. The molecule has 0 radical (unpaired) electrons. The molecule has 0 aliphatic carbocycles. The molecule has 1 N–H and O–H groups in total. The van der Waals surface area contributed by atoms with E-state index in [0.29, 0.717) is 31.1 Å². The average Bonchev–Trinajstić information content (AvgIpc) is 3.14. The number of fused-ring (bicyclic) bond motifs is 1. The SMILES string of the molecule is CS(=O)(=O)N1CCc2nc(NC(=O)CC(c3ccccc3)c3ccccc3)sc2C1. The zero-order valence-electron chi connectivity index (χ0n) is 16.6. The molecule has 0 saturated carbocycles. The van der Waals surface area contributed by atoms with Crippen molar-refractivity contribution >= 4 is 32.4 Å². The van der Waals surface area contributed by atoms with Gasteiger partial charge in [-0.15, -0.1) is 11.3 Å². The van der Waals surface area contributed by atoms with Gasteiger partial charge in [-0.2, -0.15) is 4.31 Å². The van der Waals surface area contributed by atoms with Gasteiger partial charge in [0.2, 0.25) is 15.9 Å². The molecule has 4 rings (SSSR count). The number of carbonyl (C=O) groups is 1.